The number of rotatable bonds is 6. The molecule has 1 aromatic heterocycles. The second-order valence-corrected chi connectivity index (χ2v) is 9.63. The van der Waals surface area contributed by atoms with Crippen LogP contribution in [0.5, 0.6) is 5.75 Å². The smallest absolute Gasteiger partial charge is 0.257 e. The lowest BCUT2D eigenvalue weighted by atomic mass is 10.1. The predicted molar refractivity (Wildman–Crippen MR) is 106 cm³/mol. The third-order valence-corrected chi connectivity index (χ3v) is 7.37. The molecule has 3 rings (SSSR count). The summed E-state index contributed by atoms with van der Waals surface area (Å²) >= 11 is 1.51. The molecular weight excluding hydrogens is 384 g/mol. The highest BCUT2D eigenvalue weighted by Gasteiger charge is 2.26. The number of carbonyl (C=O) groups is 1. The van der Waals surface area contributed by atoms with E-state index in [1.165, 1.54) is 34.9 Å². The van der Waals surface area contributed by atoms with Crippen LogP contribution in [-0.4, -0.2) is 50.8 Å². The van der Waals surface area contributed by atoms with Crippen molar-refractivity contribution in [1.29, 1.82) is 0 Å². The van der Waals surface area contributed by atoms with Crippen LogP contribution in [0, 0.1) is 0 Å². The number of methoxy groups -OCH3 is 1. The highest BCUT2D eigenvalue weighted by molar-refractivity contribution is 7.89. The first-order valence-corrected chi connectivity index (χ1v) is 11.2. The highest BCUT2D eigenvalue weighted by Crippen LogP contribution is 2.27. The molecule has 2 aromatic rings. The van der Waals surface area contributed by atoms with Gasteiger partial charge in [-0.15, -0.1) is 11.3 Å². The zero-order valence-electron chi connectivity index (χ0n) is 15.6. The topological polar surface area (TPSA) is 66.9 Å². The van der Waals surface area contributed by atoms with Crippen molar-refractivity contribution < 1.29 is 17.9 Å². The van der Waals surface area contributed by atoms with Gasteiger partial charge in [0, 0.05) is 31.6 Å². The van der Waals surface area contributed by atoms with Gasteiger partial charge < -0.3 is 9.64 Å². The molecule has 27 heavy (non-hydrogen) atoms. The van der Waals surface area contributed by atoms with E-state index in [1.54, 1.807) is 18.0 Å². The largest absolute Gasteiger partial charge is 0.496 e. The molecule has 0 spiro atoms. The Bertz CT molecular complexity index is 888. The highest BCUT2D eigenvalue weighted by atomic mass is 32.2. The van der Waals surface area contributed by atoms with Crippen molar-refractivity contribution in [2.45, 2.75) is 30.7 Å². The number of nitrogens with zero attached hydrogens (tertiary/aromatic N) is 2. The SMILES string of the molecule is COc1ccc(S(=O)(=O)N(C)Cc2cccs2)cc1C(=O)N1CCCCC1. The molecule has 0 atom stereocenters. The lowest BCUT2D eigenvalue weighted by Crippen LogP contribution is -2.36. The molecule has 0 N–H and O–H groups in total. The van der Waals surface area contributed by atoms with Crippen molar-refractivity contribution in [3.05, 3.63) is 46.2 Å². The number of piperidine rings is 1. The Labute approximate surface area is 164 Å². The first kappa shape index (κ1) is 19.9. The second-order valence-electron chi connectivity index (χ2n) is 6.56. The molecule has 6 nitrogen and oxygen atoms in total. The quantitative estimate of drug-likeness (QED) is 0.736. The number of thiophene rings is 1. The monoisotopic (exact) mass is 408 g/mol. The van der Waals surface area contributed by atoms with Crippen LogP contribution in [0.3, 0.4) is 0 Å². The Kier molecular flexibility index (Phi) is 6.18. The van der Waals surface area contributed by atoms with Gasteiger partial charge in [0.05, 0.1) is 17.6 Å². The average molecular weight is 409 g/mol. The third-order valence-electron chi connectivity index (χ3n) is 4.71. The molecule has 1 saturated heterocycles. The Morgan fingerprint density at radius 3 is 2.59 bits per heavy atom. The fraction of sp³-hybridized carbons (Fsp3) is 0.421. The van der Waals surface area contributed by atoms with Crippen molar-refractivity contribution in [2.75, 3.05) is 27.2 Å². The minimum absolute atomic E-state index is 0.0997. The fourth-order valence-electron chi connectivity index (χ4n) is 3.17. The fourth-order valence-corrected chi connectivity index (χ4v) is 5.18. The zero-order chi connectivity index (χ0) is 19.4. The summed E-state index contributed by atoms with van der Waals surface area (Å²) in [5.41, 5.74) is 0.296. The number of benzene rings is 1. The number of hydrogen-bond acceptors (Lipinski definition) is 5. The molecular formula is C19H24N2O4S2. The van der Waals surface area contributed by atoms with Gasteiger partial charge in [-0.25, -0.2) is 8.42 Å². The summed E-state index contributed by atoms with van der Waals surface area (Å²) in [5, 5.41) is 1.92. The molecule has 0 aliphatic carbocycles. The predicted octanol–water partition coefficient (Wildman–Crippen LogP) is 3.20. The first-order chi connectivity index (χ1) is 12.9. The molecule has 0 bridgehead atoms. The summed E-state index contributed by atoms with van der Waals surface area (Å²) < 4.78 is 32.6. The van der Waals surface area contributed by atoms with Crippen LogP contribution in [0.15, 0.2) is 40.6 Å². The van der Waals surface area contributed by atoms with Gasteiger partial charge in [-0.2, -0.15) is 4.31 Å². The normalized spacial score (nSPS) is 15.1. The van der Waals surface area contributed by atoms with Gasteiger partial charge >= 0.3 is 0 Å². The van der Waals surface area contributed by atoms with Crippen LogP contribution >= 0.6 is 11.3 Å². The molecule has 8 heteroatoms. The van der Waals surface area contributed by atoms with Gasteiger partial charge in [-0.1, -0.05) is 6.07 Å². The lowest BCUT2D eigenvalue weighted by Gasteiger charge is -2.27. The van der Waals surface area contributed by atoms with E-state index in [4.69, 9.17) is 4.74 Å². The summed E-state index contributed by atoms with van der Waals surface area (Å²) in [6, 6.07) is 8.28. The van der Waals surface area contributed by atoms with E-state index < -0.39 is 10.0 Å². The van der Waals surface area contributed by atoms with E-state index in [2.05, 4.69) is 0 Å². The summed E-state index contributed by atoms with van der Waals surface area (Å²) in [7, 11) is -0.681. The molecule has 1 aromatic carbocycles. The zero-order valence-corrected chi connectivity index (χ0v) is 17.2. The molecule has 1 fully saturated rings. The van der Waals surface area contributed by atoms with E-state index in [0.29, 0.717) is 30.9 Å². The van der Waals surface area contributed by atoms with Crippen LogP contribution in [0.4, 0.5) is 0 Å². The Morgan fingerprint density at radius 2 is 1.96 bits per heavy atom. The van der Waals surface area contributed by atoms with Gasteiger partial charge in [-0.3, -0.25) is 4.79 Å². The number of likely N-dealkylation sites (tertiary alicyclic amines) is 1. The van der Waals surface area contributed by atoms with Crippen molar-refractivity contribution in [3.63, 3.8) is 0 Å². The Hall–Kier alpha value is -1.90. The first-order valence-electron chi connectivity index (χ1n) is 8.89. The van der Waals surface area contributed by atoms with Crippen LogP contribution in [-0.2, 0) is 16.6 Å². The molecule has 146 valence electrons. The Morgan fingerprint density at radius 1 is 1.22 bits per heavy atom. The molecule has 0 radical (unpaired) electrons. The lowest BCUT2D eigenvalue weighted by molar-refractivity contribution is 0.0720. The van der Waals surface area contributed by atoms with E-state index in [9.17, 15) is 13.2 Å². The van der Waals surface area contributed by atoms with Crippen LogP contribution in [0.2, 0.25) is 0 Å². The van der Waals surface area contributed by atoms with E-state index in [1.807, 2.05) is 17.5 Å². The summed E-state index contributed by atoms with van der Waals surface area (Å²) in [6.07, 6.45) is 3.05. The Balaban J connectivity index is 1.90. The van der Waals surface area contributed by atoms with E-state index in [0.717, 1.165) is 24.1 Å². The van der Waals surface area contributed by atoms with Gasteiger partial charge in [0.25, 0.3) is 5.91 Å². The minimum Gasteiger partial charge on any atom is -0.496 e. The van der Waals surface area contributed by atoms with Crippen molar-refractivity contribution >= 4 is 27.3 Å². The maximum Gasteiger partial charge on any atom is 0.257 e. The molecule has 0 unspecified atom stereocenters. The summed E-state index contributed by atoms with van der Waals surface area (Å²) in [4.78, 5) is 15.8. The van der Waals surface area contributed by atoms with Crippen molar-refractivity contribution in [1.82, 2.24) is 9.21 Å². The second kappa shape index (κ2) is 8.41. The van der Waals surface area contributed by atoms with E-state index >= 15 is 0 Å². The maximum absolute atomic E-state index is 13.0. The van der Waals surface area contributed by atoms with Crippen molar-refractivity contribution in [3.8, 4) is 5.75 Å². The van der Waals surface area contributed by atoms with Crippen LogP contribution in [0.1, 0.15) is 34.5 Å². The van der Waals surface area contributed by atoms with Crippen LogP contribution < -0.4 is 4.74 Å². The van der Waals surface area contributed by atoms with Gasteiger partial charge in [-0.05, 0) is 48.9 Å². The summed E-state index contributed by atoms with van der Waals surface area (Å²) in [6.45, 7) is 1.68. The molecule has 1 amide bonds. The average Bonchev–Trinajstić information content (AvgIpc) is 3.20. The standard InChI is InChI=1S/C19H24N2O4S2/c1-20(14-15-7-6-12-26-15)27(23,24)16-8-9-18(25-2)17(13-16)19(22)21-10-4-3-5-11-21/h6-9,12-13H,3-5,10-11,14H2,1-2H3. The molecule has 2 heterocycles. The van der Waals surface area contributed by atoms with E-state index in [-0.39, 0.29) is 10.8 Å². The number of amides is 1. The molecule has 1 aliphatic rings. The number of hydrogen-bond donors (Lipinski definition) is 0. The number of sulfonamides is 1. The van der Waals surface area contributed by atoms with Crippen LogP contribution in [0.25, 0.3) is 0 Å². The van der Waals surface area contributed by atoms with Gasteiger partial charge in [0.15, 0.2) is 0 Å². The maximum atomic E-state index is 13.0. The molecule has 0 saturated carbocycles. The minimum atomic E-state index is -3.71. The number of carbonyl (C=O) groups excluding carboxylic acids is 1. The summed E-state index contributed by atoms with van der Waals surface area (Å²) in [5.74, 6) is 0.218. The number of ether oxygens (including phenoxy) is 1. The molecule has 1 aliphatic heterocycles. The third kappa shape index (κ3) is 4.34. The van der Waals surface area contributed by atoms with Gasteiger partial charge in [0.1, 0.15) is 5.75 Å². The van der Waals surface area contributed by atoms with Crippen molar-refractivity contribution in [2.24, 2.45) is 0 Å². The van der Waals surface area contributed by atoms with Gasteiger partial charge in [0.2, 0.25) is 10.0 Å².